The Kier molecular flexibility index (Phi) is 3.53. The molecule has 0 amide bonds. The predicted molar refractivity (Wildman–Crippen MR) is 76.1 cm³/mol. The van der Waals surface area contributed by atoms with Crippen LogP contribution in [0.15, 0.2) is 55.7 Å². The molecule has 1 N–H and O–H groups in total. The summed E-state index contributed by atoms with van der Waals surface area (Å²) in [4.78, 5) is 4.48. The largest absolute Gasteiger partial charge is 0.276 e. The molecule has 2 rings (SSSR count). The Morgan fingerprint density at radius 3 is 2.89 bits per heavy atom. The fourth-order valence-corrected chi connectivity index (χ4v) is 1.61. The van der Waals surface area contributed by atoms with Gasteiger partial charge in [-0.2, -0.15) is 5.10 Å². The van der Waals surface area contributed by atoms with Crippen molar-refractivity contribution in [2.45, 2.75) is 6.92 Å². The van der Waals surface area contributed by atoms with Crippen LogP contribution in [-0.2, 0) is 0 Å². The van der Waals surface area contributed by atoms with Crippen LogP contribution in [0.1, 0.15) is 11.4 Å². The highest BCUT2D eigenvalue weighted by molar-refractivity contribution is 5.89. The van der Waals surface area contributed by atoms with Gasteiger partial charge >= 0.3 is 0 Å². The quantitative estimate of drug-likeness (QED) is 0.826. The summed E-state index contributed by atoms with van der Waals surface area (Å²) < 4.78 is 0. The summed E-state index contributed by atoms with van der Waals surface area (Å²) in [7, 11) is 0. The maximum atomic E-state index is 4.48. The van der Waals surface area contributed by atoms with Crippen molar-refractivity contribution in [2.24, 2.45) is 0 Å². The molecule has 0 saturated carbocycles. The lowest BCUT2D eigenvalue weighted by atomic mass is 10.1. The maximum absolute atomic E-state index is 4.48. The smallest absolute Gasteiger partial charge is 0.118 e. The Hall–Kier alpha value is -2.42. The highest BCUT2D eigenvalue weighted by atomic mass is 15.1. The molecule has 0 aliphatic rings. The number of nitrogens with zero attached hydrogens (tertiary/aromatic N) is 2. The fraction of sp³-hybridized carbons (Fsp3) is 0.0667. The lowest BCUT2D eigenvalue weighted by Gasteiger charge is -1.96. The van der Waals surface area contributed by atoms with E-state index in [2.05, 4.69) is 28.3 Å². The Labute approximate surface area is 106 Å². The van der Waals surface area contributed by atoms with Crippen LogP contribution >= 0.6 is 0 Å². The van der Waals surface area contributed by atoms with Gasteiger partial charge in [0, 0.05) is 5.69 Å². The van der Waals surface area contributed by atoms with Gasteiger partial charge in [-0.25, -0.2) is 4.98 Å². The monoisotopic (exact) mass is 237 g/mol. The topological polar surface area (TPSA) is 41.6 Å². The van der Waals surface area contributed by atoms with Gasteiger partial charge in [-0.15, -0.1) is 0 Å². The van der Waals surface area contributed by atoms with Crippen molar-refractivity contribution in [3.05, 3.63) is 67.1 Å². The fourth-order valence-electron chi connectivity index (χ4n) is 1.61. The SMILES string of the molecule is C=C/C=C\C=C/C(=C)c1n[nH]c2ccc(C)nc12. The third-order valence-electron chi connectivity index (χ3n) is 2.51. The summed E-state index contributed by atoms with van der Waals surface area (Å²) in [5.41, 5.74) is 4.36. The lowest BCUT2D eigenvalue weighted by Crippen LogP contribution is -1.85. The first-order valence-electron chi connectivity index (χ1n) is 5.69. The van der Waals surface area contributed by atoms with E-state index in [1.165, 1.54) is 0 Å². The van der Waals surface area contributed by atoms with E-state index < -0.39 is 0 Å². The van der Waals surface area contributed by atoms with E-state index in [0.717, 1.165) is 28.0 Å². The number of pyridine rings is 1. The number of fused-ring (bicyclic) bond motifs is 1. The normalized spacial score (nSPS) is 11.6. The average Bonchev–Trinajstić information content (AvgIpc) is 2.77. The molecule has 0 radical (unpaired) electrons. The van der Waals surface area contributed by atoms with Gasteiger partial charge in [0.15, 0.2) is 0 Å². The van der Waals surface area contributed by atoms with Gasteiger partial charge in [0.05, 0.1) is 5.52 Å². The van der Waals surface area contributed by atoms with Crippen molar-refractivity contribution in [3.8, 4) is 0 Å². The third-order valence-corrected chi connectivity index (χ3v) is 2.51. The zero-order valence-electron chi connectivity index (χ0n) is 10.4. The zero-order valence-corrected chi connectivity index (χ0v) is 10.4. The van der Waals surface area contributed by atoms with Gasteiger partial charge in [-0.1, -0.05) is 43.5 Å². The van der Waals surface area contributed by atoms with Crippen LogP contribution in [0, 0.1) is 6.92 Å². The first kappa shape index (κ1) is 12.0. The van der Waals surface area contributed by atoms with Crippen LogP contribution in [0.5, 0.6) is 0 Å². The van der Waals surface area contributed by atoms with Crippen LogP contribution in [0.3, 0.4) is 0 Å². The number of allylic oxidation sites excluding steroid dienone is 6. The minimum absolute atomic E-state index is 0.789. The molecule has 0 aliphatic heterocycles. The molecule has 2 aromatic heterocycles. The molecule has 0 saturated heterocycles. The summed E-state index contributed by atoms with van der Waals surface area (Å²) in [6.45, 7) is 9.57. The van der Waals surface area contributed by atoms with E-state index in [9.17, 15) is 0 Å². The highest BCUT2D eigenvalue weighted by Gasteiger charge is 2.08. The van der Waals surface area contributed by atoms with Crippen molar-refractivity contribution in [1.29, 1.82) is 0 Å². The molecule has 0 aromatic carbocycles. The molecular weight excluding hydrogens is 222 g/mol. The zero-order chi connectivity index (χ0) is 13.0. The van der Waals surface area contributed by atoms with Crippen LogP contribution in [0.2, 0.25) is 0 Å². The van der Waals surface area contributed by atoms with Crippen LogP contribution in [0.25, 0.3) is 16.6 Å². The summed E-state index contributed by atoms with van der Waals surface area (Å²) in [6.07, 6.45) is 9.28. The van der Waals surface area contributed by atoms with Gasteiger partial charge < -0.3 is 0 Å². The Morgan fingerprint density at radius 2 is 2.11 bits per heavy atom. The van der Waals surface area contributed by atoms with E-state index in [4.69, 9.17) is 0 Å². The highest BCUT2D eigenvalue weighted by Crippen LogP contribution is 2.20. The lowest BCUT2D eigenvalue weighted by molar-refractivity contribution is 1.10. The van der Waals surface area contributed by atoms with E-state index in [1.54, 1.807) is 6.08 Å². The van der Waals surface area contributed by atoms with Crippen molar-refractivity contribution < 1.29 is 0 Å². The molecule has 3 nitrogen and oxygen atoms in total. The number of nitrogens with one attached hydrogen (secondary N) is 1. The Bertz CT molecular complexity index is 645. The van der Waals surface area contributed by atoms with E-state index in [-0.39, 0.29) is 0 Å². The molecule has 0 aliphatic carbocycles. The molecule has 0 atom stereocenters. The number of aromatic amines is 1. The first-order chi connectivity index (χ1) is 8.72. The van der Waals surface area contributed by atoms with Gasteiger partial charge in [0.2, 0.25) is 0 Å². The second-order valence-electron chi connectivity index (χ2n) is 3.93. The van der Waals surface area contributed by atoms with Gasteiger partial charge in [0.1, 0.15) is 11.2 Å². The molecule has 18 heavy (non-hydrogen) atoms. The van der Waals surface area contributed by atoms with Gasteiger partial charge in [0.25, 0.3) is 0 Å². The number of H-pyrrole nitrogens is 1. The summed E-state index contributed by atoms with van der Waals surface area (Å²) in [5.74, 6) is 0. The van der Waals surface area contributed by atoms with Crippen LogP contribution in [-0.4, -0.2) is 15.2 Å². The number of rotatable bonds is 4. The second kappa shape index (κ2) is 5.27. The molecular formula is C15H15N3. The molecule has 0 bridgehead atoms. The minimum atomic E-state index is 0.789. The molecule has 90 valence electrons. The van der Waals surface area contributed by atoms with Gasteiger partial charge in [-0.3, -0.25) is 5.10 Å². The number of aromatic nitrogens is 3. The second-order valence-corrected chi connectivity index (χ2v) is 3.93. The number of hydrogen-bond acceptors (Lipinski definition) is 2. The summed E-state index contributed by atoms with van der Waals surface area (Å²) >= 11 is 0. The van der Waals surface area contributed by atoms with Crippen LogP contribution < -0.4 is 0 Å². The molecule has 3 heteroatoms. The number of hydrogen-bond donors (Lipinski definition) is 1. The molecule has 2 aromatic rings. The predicted octanol–water partition coefficient (Wildman–Crippen LogP) is 3.58. The van der Waals surface area contributed by atoms with Crippen molar-refractivity contribution in [3.63, 3.8) is 0 Å². The molecule has 2 heterocycles. The summed E-state index contributed by atoms with van der Waals surface area (Å²) in [6, 6.07) is 3.93. The minimum Gasteiger partial charge on any atom is -0.276 e. The van der Waals surface area contributed by atoms with Crippen molar-refractivity contribution in [2.75, 3.05) is 0 Å². The standard InChI is InChI=1S/C15H15N3/c1-4-5-6-7-8-11(2)14-15-13(17-18-14)10-9-12(3)16-15/h4-10H,1-2H2,3H3,(H,17,18)/b6-5-,8-7-. The van der Waals surface area contributed by atoms with E-state index >= 15 is 0 Å². The Morgan fingerprint density at radius 1 is 1.28 bits per heavy atom. The van der Waals surface area contributed by atoms with E-state index in [1.807, 2.05) is 43.4 Å². The van der Waals surface area contributed by atoms with Gasteiger partial charge in [-0.05, 0) is 24.6 Å². The van der Waals surface area contributed by atoms with Crippen LogP contribution in [0.4, 0.5) is 0 Å². The Balaban J connectivity index is 2.33. The third kappa shape index (κ3) is 2.46. The summed E-state index contributed by atoms with van der Waals surface area (Å²) in [5, 5.41) is 7.21. The molecule has 0 unspecified atom stereocenters. The molecule has 0 spiro atoms. The van der Waals surface area contributed by atoms with Crippen molar-refractivity contribution in [1.82, 2.24) is 15.2 Å². The van der Waals surface area contributed by atoms with E-state index in [0.29, 0.717) is 0 Å². The first-order valence-corrected chi connectivity index (χ1v) is 5.69. The average molecular weight is 237 g/mol. The molecule has 0 fully saturated rings. The van der Waals surface area contributed by atoms with Crippen molar-refractivity contribution >= 4 is 16.6 Å². The maximum Gasteiger partial charge on any atom is 0.118 e. The number of aryl methyl sites for hydroxylation is 1.